The zero-order valence-electron chi connectivity index (χ0n) is 7.79. The van der Waals surface area contributed by atoms with Gasteiger partial charge in [0.25, 0.3) is 0 Å². The number of rotatable bonds is 2. The summed E-state index contributed by atoms with van der Waals surface area (Å²) in [5, 5.41) is 0. The largest absolute Gasteiger partial charge is 0.289 e. The molecular weight excluding hydrogens is 240 g/mol. The van der Waals surface area contributed by atoms with Crippen molar-refractivity contribution in [3.05, 3.63) is 46.0 Å². The molecule has 0 unspecified atom stereocenters. The van der Waals surface area contributed by atoms with Crippen LogP contribution < -0.4 is 0 Å². The van der Waals surface area contributed by atoms with Gasteiger partial charge in [0.1, 0.15) is 0 Å². The molecule has 1 aromatic carbocycles. The Balaban J connectivity index is 2.31. The van der Waals surface area contributed by atoms with E-state index in [9.17, 15) is 4.79 Å². The summed E-state index contributed by atoms with van der Waals surface area (Å²) in [7, 11) is 0. The van der Waals surface area contributed by atoms with Crippen LogP contribution in [0.2, 0.25) is 0 Å². The van der Waals surface area contributed by atoms with E-state index in [-0.39, 0.29) is 5.78 Å². The van der Waals surface area contributed by atoms with Crippen LogP contribution in [-0.4, -0.2) is 5.78 Å². The van der Waals surface area contributed by atoms with Crippen LogP contribution >= 0.6 is 15.9 Å². The van der Waals surface area contributed by atoms with Crippen molar-refractivity contribution in [1.82, 2.24) is 0 Å². The average molecular weight is 251 g/mol. The molecule has 1 aromatic rings. The van der Waals surface area contributed by atoms with Gasteiger partial charge in [-0.25, -0.2) is 0 Å². The predicted octanol–water partition coefficient (Wildman–Crippen LogP) is 3.74. The lowest BCUT2D eigenvalue weighted by atomic mass is 10.0. The van der Waals surface area contributed by atoms with Gasteiger partial charge in [-0.15, -0.1) is 0 Å². The summed E-state index contributed by atoms with van der Waals surface area (Å²) in [6.07, 6.45) is 5.15. The maximum Gasteiger partial charge on any atom is 0.189 e. The standard InChI is InChI=1S/C12H11BrO/c13-11-8-4-3-7-10(11)12(14)9-5-1-2-6-9/h3-5,7-8H,1-2,6H2. The van der Waals surface area contributed by atoms with Crippen molar-refractivity contribution >= 4 is 21.7 Å². The van der Waals surface area contributed by atoms with Crippen molar-refractivity contribution < 1.29 is 4.79 Å². The Morgan fingerprint density at radius 2 is 2.07 bits per heavy atom. The smallest absolute Gasteiger partial charge is 0.189 e. The molecule has 0 fully saturated rings. The van der Waals surface area contributed by atoms with Crippen molar-refractivity contribution in [2.75, 3.05) is 0 Å². The van der Waals surface area contributed by atoms with Crippen LogP contribution in [0.4, 0.5) is 0 Å². The number of allylic oxidation sites excluding steroid dienone is 2. The Morgan fingerprint density at radius 1 is 1.29 bits per heavy atom. The lowest BCUT2D eigenvalue weighted by Crippen LogP contribution is -2.02. The summed E-state index contributed by atoms with van der Waals surface area (Å²) in [6, 6.07) is 7.59. The molecule has 0 bridgehead atoms. The second-order valence-electron chi connectivity index (χ2n) is 3.43. The van der Waals surface area contributed by atoms with Gasteiger partial charge in [-0.1, -0.05) is 34.1 Å². The van der Waals surface area contributed by atoms with E-state index in [1.807, 2.05) is 24.3 Å². The molecule has 0 saturated carbocycles. The van der Waals surface area contributed by atoms with Gasteiger partial charge in [0, 0.05) is 10.0 Å². The number of ketones is 1. The van der Waals surface area contributed by atoms with Crippen molar-refractivity contribution in [3.8, 4) is 0 Å². The van der Waals surface area contributed by atoms with E-state index in [0.717, 1.165) is 34.9 Å². The van der Waals surface area contributed by atoms with Crippen LogP contribution in [0.1, 0.15) is 29.6 Å². The molecule has 0 amide bonds. The average Bonchev–Trinajstić information content (AvgIpc) is 2.70. The van der Waals surface area contributed by atoms with Crippen LogP contribution in [-0.2, 0) is 0 Å². The molecule has 0 heterocycles. The van der Waals surface area contributed by atoms with E-state index >= 15 is 0 Å². The number of benzene rings is 1. The first-order chi connectivity index (χ1) is 6.79. The lowest BCUT2D eigenvalue weighted by Gasteiger charge is -2.03. The molecule has 2 heteroatoms. The van der Waals surface area contributed by atoms with Crippen molar-refractivity contribution in [2.45, 2.75) is 19.3 Å². The Hall–Kier alpha value is -0.890. The van der Waals surface area contributed by atoms with Gasteiger partial charge in [-0.05, 0) is 37.0 Å². The highest BCUT2D eigenvalue weighted by molar-refractivity contribution is 9.10. The summed E-state index contributed by atoms with van der Waals surface area (Å²) in [5.41, 5.74) is 1.75. The minimum Gasteiger partial charge on any atom is -0.289 e. The number of carbonyl (C=O) groups is 1. The van der Waals surface area contributed by atoms with Gasteiger partial charge in [-0.3, -0.25) is 4.79 Å². The second kappa shape index (κ2) is 4.09. The topological polar surface area (TPSA) is 17.1 Å². The van der Waals surface area contributed by atoms with E-state index in [0.29, 0.717) is 0 Å². The number of halogens is 1. The van der Waals surface area contributed by atoms with Gasteiger partial charge < -0.3 is 0 Å². The Morgan fingerprint density at radius 3 is 2.71 bits per heavy atom. The molecule has 0 saturated heterocycles. The zero-order chi connectivity index (χ0) is 9.97. The molecule has 0 spiro atoms. The first-order valence-corrected chi connectivity index (χ1v) is 5.56. The minimum absolute atomic E-state index is 0.176. The SMILES string of the molecule is O=C(C1=CCCC1)c1ccccc1Br. The molecule has 0 radical (unpaired) electrons. The van der Waals surface area contributed by atoms with Crippen molar-refractivity contribution in [2.24, 2.45) is 0 Å². The van der Waals surface area contributed by atoms with E-state index in [2.05, 4.69) is 22.0 Å². The third-order valence-corrected chi connectivity index (χ3v) is 3.14. The molecule has 72 valence electrons. The molecular formula is C12H11BrO. The van der Waals surface area contributed by atoms with Crippen LogP contribution in [0.3, 0.4) is 0 Å². The monoisotopic (exact) mass is 250 g/mol. The highest BCUT2D eigenvalue weighted by atomic mass is 79.9. The second-order valence-corrected chi connectivity index (χ2v) is 4.28. The molecule has 0 aromatic heterocycles. The molecule has 14 heavy (non-hydrogen) atoms. The minimum atomic E-state index is 0.176. The lowest BCUT2D eigenvalue weighted by molar-refractivity contribution is 0.103. The van der Waals surface area contributed by atoms with Crippen LogP contribution in [0.5, 0.6) is 0 Å². The summed E-state index contributed by atoms with van der Waals surface area (Å²) < 4.78 is 0.887. The van der Waals surface area contributed by atoms with E-state index in [1.54, 1.807) is 0 Å². The number of Topliss-reactive ketones (excluding diaryl/α,β-unsaturated/α-hetero) is 1. The maximum absolute atomic E-state index is 12.0. The van der Waals surface area contributed by atoms with Gasteiger partial charge in [-0.2, -0.15) is 0 Å². The van der Waals surface area contributed by atoms with Crippen molar-refractivity contribution in [1.29, 1.82) is 0 Å². The van der Waals surface area contributed by atoms with Gasteiger partial charge in [0.15, 0.2) is 5.78 Å². The van der Waals surface area contributed by atoms with E-state index in [1.165, 1.54) is 0 Å². The summed E-state index contributed by atoms with van der Waals surface area (Å²) >= 11 is 3.40. The quantitative estimate of drug-likeness (QED) is 0.731. The van der Waals surface area contributed by atoms with Crippen LogP contribution in [0.25, 0.3) is 0 Å². The molecule has 0 N–H and O–H groups in total. The Bertz CT molecular complexity index is 393. The predicted molar refractivity (Wildman–Crippen MR) is 60.4 cm³/mol. The zero-order valence-corrected chi connectivity index (χ0v) is 9.38. The normalized spacial score (nSPS) is 15.4. The number of carbonyl (C=O) groups excluding carboxylic acids is 1. The summed E-state index contributed by atoms with van der Waals surface area (Å²) in [6.45, 7) is 0. The fourth-order valence-corrected chi connectivity index (χ4v) is 2.16. The van der Waals surface area contributed by atoms with Gasteiger partial charge >= 0.3 is 0 Å². The van der Waals surface area contributed by atoms with Crippen LogP contribution in [0, 0.1) is 0 Å². The highest BCUT2D eigenvalue weighted by Crippen LogP contribution is 2.25. The van der Waals surface area contributed by atoms with Gasteiger partial charge in [0.05, 0.1) is 0 Å². The van der Waals surface area contributed by atoms with Crippen molar-refractivity contribution in [3.63, 3.8) is 0 Å². The molecule has 0 aliphatic heterocycles. The Labute approximate surface area is 92.0 Å². The third kappa shape index (κ3) is 1.80. The summed E-state index contributed by atoms with van der Waals surface area (Å²) in [5.74, 6) is 0.176. The number of hydrogen-bond acceptors (Lipinski definition) is 1. The third-order valence-electron chi connectivity index (χ3n) is 2.45. The maximum atomic E-state index is 12.0. The van der Waals surface area contributed by atoms with Crippen LogP contribution in [0.15, 0.2) is 40.4 Å². The fraction of sp³-hybridized carbons (Fsp3) is 0.250. The molecule has 1 aliphatic rings. The molecule has 2 rings (SSSR count). The van der Waals surface area contributed by atoms with Gasteiger partial charge in [0.2, 0.25) is 0 Å². The first-order valence-electron chi connectivity index (χ1n) is 4.77. The molecule has 1 nitrogen and oxygen atoms in total. The molecule has 0 atom stereocenters. The van der Waals surface area contributed by atoms with E-state index in [4.69, 9.17) is 0 Å². The fourth-order valence-electron chi connectivity index (χ4n) is 1.70. The summed E-state index contributed by atoms with van der Waals surface area (Å²) in [4.78, 5) is 12.0. The first kappa shape index (κ1) is 9.66. The highest BCUT2D eigenvalue weighted by Gasteiger charge is 2.16. The molecule has 1 aliphatic carbocycles. The Kier molecular flexibility index (Phi) is 2.82. The number of hydrogen-bond donors (Lipinski definition) is 0. The van der Waals surface area contributed by atoms with E-state index < -0.39 is 0 Å².